The molecule has 0 radical (unpaired) electrons. The fourth-order valence-electron chi connectivity index (χ4n) is 1.48. The number of amides is 1. The predicted octanol–water partition coefficient (Wildman–Crippen LogP) is 2.84. The maximum Gasteiger partial charge on any atom is 0.274 e. The molecule has 0 aliphatic carbocycles. The Morgan fingerprint density at radius 3 is 2.75 bits per heavy atom. The summed E-state index contributed by atoms with van der Waals surface area (Å²) in [6.45, 7) is -0.227. The zero-order chi connectivity index (χ0) is 14.7. The van der Waals surface area contributed by atoms with E-state index in [1.54, 1.807) is 24.3 Å². The second-order valence-corrected chi connectivity index (χ2v) is 5.01. The lowest BCUT2D eigenvalue weighted by Crippen LogP contribution is -2.28. The summed E-state index contributed by atoms with van der Waals surface area (Å²) in [5.41, 5.74) is -0.0449. The summed E-state index contributed by atoms with van der Waals surface area (Å²) in [6, 6.07) is 6.66. The molecule has 5 nitrogen and oxygen atoms in total. The van der Waals surface area contributed by atoms with Crippen LogP contribution < -0.4 is 10.9 Å². The van der Waals surface area contributed by atoms with Crippen molar-refractivity contribution >= 4 is 46.4 Å². The molecule has 0 aliphatic rings. The van der Waals surface area contributed by atoms with Gasteiger partial charge in [0.05, 0.1) is 6.33 Å². The van der Waals surface area contributed by atoms with Gasteiger partial charge in [-0.1, -0.05) is 40.9 Å². The standard InChI is InChI=1S/C12H8Cl3N3O2/c13-7-2-1-3-8(4-7)17-9(19)5-18-6-16-11(15)10(14)12(18)20/h1-4,6H,5H2,(H,17,19). The second-order valence-electron chi connectivity index (χ2n) is 3.84. The highest BCUT2D eigenvalue weighted by Gasteiger charge is 2.10. The Hall–Kier alpha value is -1.56. The van der Waals surface area contributed by atoms with Gasteiger partial charge >= 0.3 is 0 Å². The van der Waals surface area contributed by atoms with Gasteiger partial charge in [0.1, 0.15) is 11.6 Å². The number of benzene rings is 1. The number of nitrogens with zero attached hydrogens (tertiary/aromatic N) is 2. The Balaban J connectivity index is 2.13. The van der Waals surface area contributed by atoms with Gasteiger partial charge in [0.2, 0.25) is 5.91 Å². The van der Waals surface area contributed by atoms with Crippen molar-refractivity contribution in [3.63, 3.8) is 0 Å². The lowest BCUT2D eigenvalue weighted by Gasteiger charge is -2.07. The number of halogens is 3. The van der Waals surface area contributed by atoms with Crippen molar-refractivity contribution in [2.75, 3.05) is 5.32 Å². The molecule has 1 N–H and O–H groups in total. The van der Waals surface area contributed by atoms with Gasteiger partial charge in [-0.25, -0.2) is 4.98 Å². The van der Waals surface area contributed by atoms with Gasteiger partial charge in [-0.15, -0.1) is 0 Å². The number of rotatable bonds is 3. The van der Waals surface area contributed by atoms with Crippen molar-refractivity contribution in [1.82, 2.24) is 9.55 Å². The van der Waals surface area contributed by atoms with E-state index in [1.165, 1.54) is 0 Å². The van der Waals surface area contributed by atoms with Crippen LogP contribution in [0.5, 0.6) is 0 Å². The highest BCUT2D eigenvalue weighted by Crippen LogP contribution is 2.15. The summed E-state index contributed by atoms with van der Waals surface area (Å²) in [6.07, 6.45) is 1.16. The van der Waals surface area contributed by atoms with Crippen LogP contribution in [0.1, 0.15) is 0 Å². The van der Waals surface area contributed by atoms with E-state index in [2.05, 4.69) is 10.3 Å². The summed E-state index contributed by atoms with van der Waals surface area (Å²) in [4.78, 5) is 27.3. The predicted molar refractivity (Wildman–Crippen MR) is 78.6 cm³/mol. The number of carbonyl (C=O) groups excluding carboxylic acids is 1. The molecule has 8 heteroatoms. The molecule has 0 aliphatic heterocycles. The minimum Gasteiger partial charge on any atom is -0.324 e. The van der Waals surface area contributed by atoms with Crippen molar-refractivity contribution in [2.45, 2.75) is 6.54 Å². The third-order valence-electron chi connectivity index (χ3n) is 2.36. The third kappa shape index (κ3) is 3.50. The molecule has 0 saturated carbocycles. The normalized spacial score (nSPS) is 10.3. The largest absolute Gasteiger partial charge is 0.324 e. The van der Waals surface area contributed by atoms with Crippen LogP contribution in [-0.2, 0) is 11.3 Å². The van der Waals surface area contributed by atoms with Gasteiger partial charge in [-0.2, -0.15) is 0 Å². The molecule has 1 amide bonds. The highest BCUT2D eigenvalue weighted by molar-refractivity contribution is 6.40. The van der Waals surface area contributed by atoms with Crippen molar-refractivity contribution in [3.05, 3.63) is 56.1 Å². The monoisotopic (exact) mass is 331 g/mol. The third-order valence-corrected chi connectivity index (χ3v) is 3.32. The molecule has 2 aromatic rings. The van der Waals surface area contributed by atoms with E-state index in [9.17, 15) is 9.59 Å². The molecule has 2 rings (SSSR count). The maximum atomic E-state index is 11.8. The van der Waals surface area contributed by atoms with Crippen LogP contribution in [0.3, 0.4) is 0 Å². The van der Waals surface area contributed by atoms with Crippen LogP contribution in [0.4, 0.5) is 5.69 Å². The van der Waals surface area contributed by atoms with E-state index in [0.29, 0.717) is 10.7 Å². The van der Waals surface area contributed by atoms with Gasteiger partial charge in [0.25, 0.3) is 5.56 Å². The van der Waals surface area contributed by atoms with Crippen LogP contribution in [0, 0.1) is 0 Å². The van der Waals surface area contributed by atoms with Gasteiger partial charge < -0.3 is 5.32 Å². The highest BCUT2D eigenvalue weighted by atomic mass is 35.5. The van der Waals surface area contributed by atoms with Crippen LogP contribution in [0.25, 0.3) is 0 Å². The first-order valence-electron chi connectivity index (χ1n) is 5.43. The van der Waals surface area contributed by atoms with Crippen LogP contribution in [0.15, 0.2) is 35.4 Å². The Morgan fingerprint density at radius 2 is 2.05 bits per heavy atom. The maximum absolute atomic E-state index is 11.8. The summed E-state index contributed by atoms with van der Waals surface area (Å²) in [5, 5.41) is 2.79. The Kier molecular flexibility index (Phi) is 4.65. The van der Waals surface area contributed by atoms with Crippen molar-refractivity contribution in [1.29, 1.82) is 0 Å². The smallest absolute Gasteiger partial charge is 0.274 e. The van der Waals surface area contributed by atoms with E-state index >= 15 is 0 Å². The lowest BCUT2D eigenvalue weighted by atomic mass is 10.3. The fraction of sp³-hybridized carbons (Fsp3) is 0.0833. The Bertz CT molecular complexity index is 715. The first-order chi connectivity index (χ1) is 9.47. The number of hydrogen-bond donors (Lipinski definition) is 1. The number of hydrogen-bond acceptors (Lipinski definition) is 3. The molecule has 0 saturated heterocycles. The molecular weight excluding hydrogens is 325 g/mol. The molecule has 1 aromatic heterocycles. The lowest BCUT2D eigenvalue weighted by molar-refractivity contribution is -0.116. The average molecular weight is 333 g/mol. The van der Waals surface area contributed by atoms with Gasteiger partial charge in [-0.3, -0.25) is 14.2 Å². The molecule has 20 heavy (non-hydrogen) atoms. The zero-order valence-corrected chi connectivity index (χ0v) is 12.2. The van der Waals surface area contributed by atoms with E-state index < -0.39 is 11.5 Å². The Morgan fingerprint density at radius 1 is 1.30 bits per heavy atom. The molecule has 0 spiro atoms. The number of aromatic nitrogens is 2. The van der Waals surface area contributed by atoms with E-state index in [4.69, 9.17) is 34.8 Å². The van der Waals surface area contributed by atoms with E-state index in [1.807, 2.05) is 0 Å². The van der Waals surface area contributed by atoms with Gasteiger partial charge in [0, 0.05) is 10.7 Å². The zero-order valence-electron chi connectivity index (χ0n) is 9.94. The molecule has 1 aromatic carbocycles. The number of anilines is 1. The summed E-state index contributed by atoms with van der Waals surface area (Å²) in [7, 11) is 0. The summed E-state index contributed by atoms with van der Waals surface area (Å²) >= 11 is 17.1. The molecular formula is C12H8Cl3N3O2. The van der Waals surface area contributed by atoms with E-state index in [0.717, 1.165) is 10.9 Å². The topological polar surface area (TPSA) is 64.0 Å². The molecule has 0 bridgehead atoms. The summed E-state index contributed by atoms with van der Waals surface area (Å²) < 4.78 is 1.06. The van der Waals surface area contributed by atoms with Crippen molar-refractivity contribution < 1.29 is 4.79 Å². The molecule has 0 atom stereocenters. The number of nitrogens with one attached hydrogen (secondary N) is 1. The Labute approximate surface area is 129 Å². The SMILES string of the molecule is O=C(Cn1cnc(Cl)c(Cl)c1=O)Nc1cccc(Cl)c1. The summed E-state index contributed by atoms with van der Waals surface area (Å²) in [5.74, 6) is -0.408. The second kappa shape index (κ2) is 6.26. The first kappa shape index (κ1) is 14.8. The molecule has 0 fully saturated rings. The number of carbonyl (C=O) groups is 1. The van der Waals surface area contributed by atoms with Crippen molar-refractivity contribution in [3.8, 4) is 0 Å². The van der Waals surface area contributed by atoms with Crippen LogP contribution in [0.2, 0.25) is 15.2 Å². The average Bonchev–Trinajstić information content (AvgIpc) is 2.39. The van der Waals surface area contributed by atoms with Gasteiger partial charge in [-0.05, 0) is 18.2 Å². The first-order valence-corrected chi connectivity index (χ1v) is 6.56. The molecule has 0 unspecified atom stereocenters. The van der Waals surface area contributed by atoms with Crippen LogP contribution in [-0.4, -0.2) is 15.5 Å². The van der Waals surface area contributed by atoms with Crippen molar-refractivity contribution in [2.24, 2.45) is 0 Å². The quantitative estimate of drug-likeness (QED) is 0.879. The minimum atomic E-state index is -0.576. The minimum absolute atomic E-state index is 0.0943. The molecule has 1 heterocycles. The van der Waals surface area contributed by atoms with E-state index in [-0.39, 0.29) is 16.7 Å². The fourth-order valence-corrected chi connectivity index (χ4v) is 1.95. The van der Waals surface area contributed by atoms with Crippen LogP contribution >= 0.6 is 34.8 Å². The van der Waals surface area contributed by atoms with Gasteiger partial charge in [0.15, 0.2) is 5.15 Å². The molecule has 104 valence electrons.